The molecule has 1 N–H and O–H groups in total. The largest absolute Gasteiger partial charge is 0.337 e. The summed E-state index contributed by atoms with van der Waals surface area (Å²) in [5, 5.41) is 0.765. The minimum atomic E-state index is -3.47. The Morgan fingerprint density at radius 1 is 1.10 bits per heavy atom. The predicted molar refractivity (Wildman–Crippen MR) is 124 cm³/mol. The van der Waals surface area contributed by atoms with Gasteiger partial charge in [-0.05, 0) is 42.3 Å². The number of carbonyl (C=O) groups is 1. The van der Waals surface area contributed by atoms with Gasteiger partial charge < -0.3 is 4.90 Å². The van der Waals surface area contributed by atoms with Gasteiger partial charge in [-0.2, -0.15) is 0 Å². The predicted octanol–water partition coefficient (Wildman–Crippen LogP) is 3.56. The van der Waals surface area contributed by atoms with Crippen LogP contribution in [0.3, 0.4) is 0 Å². The van der Waals surface area contributed by atoms with E-state index in [4.69, 9.17) is 11.6 Å². The molecule has 1 aliphatic rings. The normalized spacial score (nSPS) is 16.5. The zero-order chi connectivity index (χ0) is 22.4. The van der Waals surface area contributed by atoms with Gasteiger partial charge in [0.25, 0.3) is 0 Å². The van der Waals surface area contributed by atoms with E-state index in [0.717, 1.165) is 29.2 Å². The van der Waals surface area contributed by atoms with Crippen LogP contribution in [0.25, 0.3) is 6.08 Å². The molecule has 1 aliphatic heterocycles. The molecule has 1 saturated heterocycles. The fourth-order valence-corrected chi connectivity index (χ4v) is 4.98. The maximum absolute atomic E-state index is 12.6. The maximum Gasteiger partial charge on any atom is 0.246 e. The van der Waals surface area contributed by atoms with Crippen molar-refractivity contribution in [1.29, 1.82) is 0 Å². The van der Waals surface area contributed by atoms with Crippen molar-refractivity contribution in [2.75, 3.05) is 32.7 Å². The van der Waals surface area contributed by atoms with Crippen molar-refractivity contribution in [3.05, 3.63) is 70.8 Å². The van der Waals surface area contributed by atoms with Crippen LogP contribution < -0.4 is 4.72 Å². The molecule has 1 amide bonds. The zero-order valence-electron chi connectivity index (χ0n) is 17.8. The lowest BCUT2D eigenvalue weighted by molar-refractivity contribution is -0.127. The van der Waals surface area contributed by atoms with Crippen LogP contribution in [0.1, 0.15) is 31.0 Å². The lowest BCUT2D eigenvalue weighted by atomic mass is 10.1. The second-order valence-corrected chi connectivity index (χ2v) is 9.64. The van der Waals surface area contributed by atoms with Crippen molar-refractivity contribution in [3.63, 3.8) is 0 Å². The van der Waals surface area contributed by atoms with E-state index in [-0.39, 0.29) is 16.8 Å². The number of halogens is 1. The average molecular weight is 462 g/mol. The molecule has 0 radical (unpaired) electrons. The first-order valence-corrected chi connectivity index (χ1v) is 12.2. The van der Waals surface area contributed by atoms with E-state index in [2.05, 4.69) is 16.5 Å². The fraction of sp³-hybridized carbons (Fsp3) is 0.348. The summed E-state index contributed by atoms with van der Waals surface area (Å²) in [5.41, 5.74) is 1.87. The number of rotatable bonds is 7. The highest BCUT2D eigenvalue weighted by Gasteiger charge is 2.24. The summed E-state index contributed by atoms with van der Waals surface area (Å²) in [5.74, 6) is -0.0469. The number of hydrogen-bond donors (Lipinski definition) is 1. The monoisotopic (exact) mass is 461 g/mol. The first-order chi connectivity index (χ1) is 14.8. The number of hydrogen-bond acceptors (Lipinski definition) is 4. The van der Waals surface area contributed by atoms with Crippen molar-refractivity contribution in [1.82, 2.24) is 14.5 Å². The van der Waals surface area contributed by atoms with Gasteiger partial charge >= 0.3 is 0 Å². The number of benzene rings is 2. The average Bonchev–Trinajstić information content (AvgIpc) is 2.78. The Labute approximate surface area is 189 Å². The molecular weight excluding hydrogens is 434 g/mol. The third kappa shape index (κ3) is 5.95. The molecule has 6 nitrogen and oxygen atoms in total. The molecule has 2 aromatic carbocycles. The van der Waals surface area contributed by atoms with E-state index in [0.29, 0.717) is 19.6 Å². The molecule has 0 bridgehead atoms. The highest BCUT2D eigenvalue weighted by molar-refractivity contribution is 7.89. The summed E-state index contributed by atoms with van der Waals surface area (Å²) in [4.78, 5) is 16.9. The van der Waals surface area contributed by atoms with Crippen LogP contribution in [0.2, 0.25) is 5.02 Å². The molecule has 1 fully saturated rings. The second kappa shape index (κ2) is 10.4. The summed E-state index contributed by atoms with van der Waals surface area (Å²) >= 11 is 6.33. The van der Waals surface area contributed by atoms with Crippen LogP contribution >= 0.6 is 11.6 Å². The zero-order valence-corrected chi connectivity index (χ0v) is 19.4. The van der Waals surface area contributed by atoms with Gasteiger partial charge in [-0.15, -0.1) is 0 Å². The van der Waals surface area contributed by atoms with Gasteiger partial charge in [-0.1, -0.05) is 48.9 Å². The van der Waals surface area contributed by atoms with Crippen molar-refractivity contribution in [2.45, 2.75) is 24.8 Å². The number of nitrogens with one attached hydrogen (secondary N) is 1. The molecule has 0 aliphatic carbocycles. The number of amides is 1. The molecule has 8 heteroatoms. The van der Waals surface area contributed by atoms with Gasteiger partial charge in [-0.3, -0.25) is 9.69 Å². The first-order valence-electron chi connectivity index (χ1n) is 10.4. The minimum Gasteiger partial charge on any atom is -0.337 e. The van der Waals surface area contributed by atoms with E-state index in [1.807, 2.05) is 29.2 Å². The number of nitrogens with zero attached hydrogens (tertiary/aromatic N) is 2. The molecule has 0 spiro atoms. The maximum atomic E-state index is 12.6. The summed E-state index contributed by atoms with van der Waals surface area (Å²) in [6.07, 6.45) is 3.26. The van der Waals surface area contributed by atoms with E-state index < -0.39 is 10.0 Å². The summed E-state index contributed by atoms with van der Waals surface area (Å²) < 4.78 is 26.5. The molecule has 1 atom stereocenters. The van der Waals surface area contributed by atoms with Crippen LogP contribution in [-0.2, 0) is 14.8 Å². The number of sulfonamides is 1. The van der Waals surface area contributed by atoms with Gasteiger partial charge in [-0.25, -0.2) is 13.1 Å². The molecule has 2 aromatic rings. The van der Waals surface area contributed by atoms with Crippen LogP contribution in [0.4, 0.5) is 0 Å². The Morgan fingerprint density at radius 2 is 1.74 bits per heavy atom. The molecule has 1 unspecified atom stereocenters. The molecule has 0 saturated carbocycles. The molecule has 3 rings (SSSR count). The minimum absolute atomic E-state index is 0.0469. The molecule has 0 aromatic heterocycles. The van der Waals surface area contributed by atoms with Gasteiger partial charge in [0.2, 0.25) is 15.9 Å². The SMILES string of the molecule is CCNS(=O)(=O)c1ccc(/C=C/C(=O)N2CCN(C(C)c3ccccc3Cl)CC2)cc1. The van der Waals surface area contributed by atoms with E-state index in [1.165, 1.54) is 12.1 Å². The quantitative estimate of drug-likeness (QED) is 0.640. The lowest BCUT2D eigenvalue weighted by Crippen LogP contribution is -2.48. The van der Waals surface area contributed by atoms with Crippen molar-refractivity contribution in [2.24, 2.45) is 0 Å². The van der Waals surface area contributed by atoms with Gasteiger partial charge in [0.05, 0.1) is 4.90 Å². The van der Waals surface area contributed by atoms with E-state index >= 15 is 0 Å². The highest BCUT2D eigenvalue weighted by Crippen LogP contribution is 2.27. The number of piperazine rings is 1. The summed E-state index contributed by atoms with van der Waals surface area (Å²) in [6.45, 7) is 7.07. The molecule has 1 heterocycles. The Bertz CT molecular complexity index is 1030. The van der Waals surface area contributed by atoms with Crippen molar-refractivity contribution >= 4 is 33.6 Å². The topological polar surface area (TPSA) is 69.7 Å². The van der Waals surface area contributed by atoms with Crippen molar-refractivity contribution in [3.8, 4) is 0 Å². The second-order valence-electron chi connectivity index (χ2n) is 7.46. The van der Waals surface area contributed by atoms with Crippen molar-refractivity contribution < 1.29 is 13.2 Å². The van der Waals surface area contributed by atoms with Crippen LogP contribution in [-0.4, -0.2) is 56.8 Å². The van der Waals surface area contributed by atoms with Gasteiger partial charge in [0.1, 0.15) is 0 Å². The lowest BCUT2D eigenvalue weighted by Gasteiger charge is -2.38. The molecule has 166 valence electrons. The van der Waals surface area contributed by atoms with Gasteiger partial charge in [0, 0.05) is 49.9 Å². The highest BCUT2D eigenvalue weighted by atomic mass is 35.5. The first kappa shape index (κ1) is 23.5. The fourth-order valence-electron chi connectivity index (χ4n) is 3.64. The smallest absolute Gasteiger partial charge is 0.246 e. The Hall–Kier alpha value is -2.19. The Balaban J connectivity index is 1.55. The summed E-state index contributed by atoms with van der Waals surface area (Å²) in [7, 11) is -3.47. The van der Waals surface area contributed by atoms with E-state index in [1.54, 1.807) is 31.2 Å². The standard InChI is InChI=1S/C23H28ClN3O3S/c1-3-25-31(29,30)20-11-8-19(9-12-20)10-13-23(28)27-16-14-26(15-17-27)18(2)21-6-4-5-7-22(21)24/h4-13,18,25H,3,14-17H2,1-2H3/b13-10+. The summed E-state index contributed by atoms with van der Waals surface area (Å²) in [6, 6.07) is 14.5. The van der Waals surface area contributed by atoms with Gasteiger partial charge in [0.15, 0.2) is 0 Å². The van der Waals surface area contributed by atoms with Crippen LogP contribution in [0, 0.1) is 0 Å². The third-order valence-electron chi connectivity index (χ3n) is 5.47. The van der Waals surface area contributed by atoms with E-state index in [9.17, 15) is 13.2 Å². The van der Waals surface area contributed by atoms with Crippen LogP contribution in [0.15, 0.2) is 59.5 Å². The molecular formula is C23H28ClN3O3S. The Kier molecular flexibility index (Phi) is 7.89. The van der Waals surface area contributed by atoms with Crippen LogP contribution in [0.5, 0.6) is 0 Å². The Morgan fingerprint density at radius 3 is 2.35 bits per heavy atom. The third-order valence-corrected chi connectivity index (χ3v) is 7.38. The molecule has 31 heavy (non-hydrogen) atoms. The number of carbonyl (C=O) groups excluding carboxylic acids is 1.